The number of ether oxygens (including phenoxy) is 1. The van der Waals surface area contributed by atoms with E-state index in [-0.39, 0.29) is 0 Å². The van der Waals surface area contributed by atoms with E-state index in [4.69, 9.17) is 4.74 Å². The van der Waals surface area contributed by atoms with Gasteiger partial charge in [-0.1, -0.05) is 24.3 Å². The second-order valence-corrected chi connectivity index (χ2v) is 3.87. The number of hydrogen-bond acceptors (Lipinski definition) is 2. The first-order chi connectivity index (χ1) is 7.34. The van der Waals surface area contributed by atoms with E-state index in [9.17, 15) is 0 Å². The van der Waals surface area contributed by atoms with E-state index in [2.05, 4.69) is 20.9 Å². The highest BCUT2D eigenvalue weighted by atomic mass is 79.9. The molecular weight excluding hydrogens is 254 g/mol. The molecule has 0 fully saturated rings. The Hall–Kier alpha value is -1.35. The predicted molar refractivity (Wildman–Crippen MR) is 62.7 cm³/mol. The number of aromatic nitrogens is 1. The van der Waals surface area contributed by atoms with E-state index in [0.717, 1.165) is 16.0 Å². The Morgan fingerprint density at radius 3 is 2.53 bits per heavy atom. The molecule has 2 aromatic rings. The average Bonchev–Trinajstić information content (AvgIpc) is 2.28. The molecule has 76 valence electrons. The molecule has 0 unspecified atom stereocenters. The normalized spacial score (nSPS) is 9.93. The van der Waals surface area contributed by atoms with Gasteiger partial charge in [0.25, 0.3) is 0 Å². The molecule has 0 aliphatic carbocycles. The molecule has 0 amide bonds. The van der Waals surface area contributed by atoms with Crippen molar-refractivity contribution in [2.75, 3.05) is 0 Å². The molecule has 2 rings (SSSR count). The maximum absolute atomic E-state index is 5.56. The van der Waals surface area contributed by atoms with Gasteiger partial charge in [-0.15, -0.1) is 0 Å². The van der Waals surface area contributed by atoms with Crippen molar-refractivity contribution in [3.63, 3.8) is 0 Å². The Bertz CT molecular complexity index is 431. The van der Waals surface area contributed by atoms with Gasteiger partial charge in [-0.05, 0) is 40.2 Å². The van der Waals surface area contributed by atoms with E-state index in [1.54, 1.807) is 0 Å². The SMILES string of the molecule is Brc1cccc(COc2ccccc2)n1. The number of benzene rings is 1. The standard InChI is InChI=1S/C12H10BrNO/c13-12-8-4-5-10(14-12)9-15-11-6-2-1-3-7-11/h1-8H,9H2. The fourth-order valence-corrected chi connectivity index (χ4v) is 1.59. The molecule has 0 aliphatic rings. The minimum Gasteiger partial charge on any atom is -0.487 e. The van der Waals surface area contributed by atoms with Gasteiger partial charge in [0.2, 0.25) is 0 Å². The van der Waals surface area contributed by atoms with Crippen LogP contribution in [-0.4, -0.2) is 4.98 Å². The van der Waals surface area contributed by atoms with Gasteiger partial charge >= 0.3 is 0 Å². The van der Waals surface area contributed by atoms with E-state index < -0.39 is 0 Å². The summed E-state index contributed by atoms with van der Waals surface area (Å²) in [6, 6.07) is 15.5. The summed E-state index contributed by atoms with van der Waals surface area (Å²) in [4.78, 5) is 4.28. The highest BCUT2D eigenvalue weighted by Crippen LogP contribution is 2.12. The Balaban J connectivity index is 1.99. The van der Waals surface area contributed by atoms with E-state index in [1.165, 1.54) is 0 Å². The summed E-state index contributed by atoms with van der Waals surface area (Å²) < 4.78 is 6.39. The maximum Gasteiger partial charge on any atom is 0.130 e. The minimum absolute atomic E-state index is 0.490. The highest BCUT2D eigenvalue weighted by molar-refractivity contribution is 9.10. The second-order valence-electron chi connectivity index (χ2n) is 3.05. The van der Waals surface area contributed by atoms with Crippen molar-refractivity contribution in [1.29, 1.82) is 0 Å². The van der Waals surface area contributed by atoms with Gasteiger partial charge in [0.05, 0.1) is 5.69 Å². The molecule has 1 aromatic carbocycles. The lowest BCUT2D eigenvalue weighted by atomic mass is 10.3. The predicted octanol–water partition coefficient (Wildman–Crippen LogP) is 3.42. The maximum atomic E-state index is 5.56. The fourth-order valence-electron chi connectivity index (χ4n) is 1.20. The summed E-state index contributed by atoms with van der Waals surface area (Å²) in [5.74, 6) is 0.860. The largest absolute Gasteiger partial charge is 0.487 e. The molecule has 0 saturated carbocycles. The fraction of sp³-hybridized carbons (Fsp3) is 0.0833. The Morgan fingerprint density at radius 1 is 1.00 bits per heavy atom. The van der Waals surface area contributed by atoms with Crippen LogP contribution in [0.25, 0.3) is 0 Å². The zero-order chi connectivity index (χ0) is 10.5. The zero-order valence-electron chi connectivity index (χ0n) is 8.06. The molecule has 3 heteroatoms. The summed E-state index contributed by atoms with van der Waals surface area (Å²) in [6.07, 6.45) is 0. The van der Waals surface area contributed by atoms with Crippen LogP contribution in [0.15, 0.2) is 53.1 Å². The van der Waals surface area contributed by atoms with Gasteiger partial charge in [0.15, 0.2) is 0 Å². The van der Waals surface area contributed by atoms with Crippen LogP contribution in [0.5, 0.6) is 5.75 Å². The Kier molecular flexibility index (Phi) is 3.35. The number of rotatable bonds is 3. The molecule has 1 aromatic heterocycles. The van der Waals surface area contributed by atoms with Crippen molar-refractivity contribution >= 4 is 15.9 Å². The van der Waals surface area contributed by atoms with Gasteiger partial charge in [-0.25, -0.2) is 4.98 Å². The van der Waals surface area contributed by atoms with Crippen molar-refractivity contribution in [1.82, 2.24) is 4.98 Å². The van der Waals surface area contributed by atoms with Gasteiger partial charge in [-0.2, -0.15) is 0 Å². The number of nitrogens with zero attached hydrogens (tertiary/aromatic N) is 1. The van der Waals surface area contributed by atoms with Gasteiger partial charge in [0, 0.05) is 0 Å². The molecular formula is C12H10BrNO. The first-order valence-electron chi connectivity index (χ1n) is 4.64. The third-order valence-corrected chi connectivity index (χ3v) is 2.34. The molecule has 0 atom stereocenters. The highest BCUT2D eigenvalue weighted by Gasteiger charge is 1.96. The second kappa shape index (κ2) is 4.94. The third kappa shape index (κ3) is 3.06. The summed E-state index contributed by atoms with van der Waals surface area (Å²) in [5, 5.41) is 0. The van der Waals surface area contributed by atoms with Crippen molar-refractivity contribution in [3.05, 3.63) is 58.8 Å². The molecule has 2 nitrogen and oxygen atoms in total. The summed E-state index contributed by atoms with van der Waals surface area (Å²) in [6.45, 7) is 0.490. The summed E-state index contributed by atoms with van der Waals surface area (Å²) in [7, 11) is 0. The van der Waals surface area contributed by atoms with Crippen molar-refractivity contribution < 1.29 is 4.74 Å². The zero-order valence-corrected chi connectivity index (χ0v) is 9.65. The lowest BCUT2D eigenvalue weighted by molar-refractivity contribution is 0.301. The summed E-state index contributed by atoms with van der Waals surface area (Å²) >= 11 is 3.32. The number of para-hydroxylation sites is 1. The van der Waals surface area contributed by atoms with Crippen LogP contribution in [0.4, 0.5) is 0 Å². The minimum atomic E-state index is 0.490. The van der Waals surface area contributed by atoms with Crippen LogP contribution >= 0.6 is 15.9 Å². The number of halogens is 1. The Labute approximate surface area is 97.1 Å². The van der Waals surface area contributed by atoms with Crippen LogP contribution in [0, 0.1) is 0 Å². The number of pyridine rings is 1. The van der Waals surface area contributed by atoms with E-state index in [1.807, 2.05) is 48.5 Å². The quantitative estimate of drug-likeness (QED) is 0.792. The van der Waals surface area contributed by atoms with Crippen molar-refractivity contribution in [2.45, 2.75) is 6.61 Å². The van der Waals surface area contributed by atoms with Crippen molar-refractivity contribution in [2.24, 2.45) is 0 Å². The first kappa shape index (κ1) is 10.2. The van der Waals surface area contributed by atoms with Gasteiger partial charge in [0.1, 0.15) is 17.0 Å². The van der Waals surface area contributed by atoms with Crippen LogP contribution in [0.2, 0.25) is 0 Å². The van der Waals surface area contributed by atoms with Crippen molar-refractivity contribution in [3.8, 4) is 5.75 Å². The smallest absolute Gasteiger partial charge is 0.130 e. The number of hydrogen-bond donors (Lipinski definition) is 0. The average molecular weight is 264 g/mol. The third-order valence-electron chi connectivity index (χ3n) is 1.90. The molecule has 0 aliphatic heterocycles. The Morgan fingerprint density at radius 2 is 1.80 bits per heavy atom. The molecule has 0 bridgehead atoms. The lowest BCUT2D eigenvalue weighted by Gasteiger charge is -2.05. The molecule has 0 saturated heterocycles. The van der Waals surface area contributed by atoms with Gasteiger partial charge < -0.3 is 4.74 Å². The molecule has 0 spiro atoms. The summed E-state index contributed by atoms with van der Waals surface area (Å²) in [5.41, 5.74) is 0.910. The molecule has 1 heterocycles. The molecule has 0 N–H and O–H groups in total. The van der Waals surface area contributed by atoms with Crippen LogP contribution in [0.3, 0.4) is 0 Å². The van der Waals surface area contributed by atoms with Crippen LogP contribution in [-0.2, 0) is 6.61 Å². The van der Waals surface area contributed by atoms with Crippen LogP contribution in [0.1, 0.15) is 5.69 Å². The van der Waals surface area contributed by atoms with Gasteiger partial charge in [-0.3, -0.25) is 0 Å². The molecule has 0 radical (unpaired) electrons. The first-order valence-corrected chi connectivity index (χ1v) is 5.43. The van der Waals surface area contributed by atoms with Crippen LogP contribution < -0.4 is 4.74 Å². The topological polar surface area (TPSA) is 22.1 Å². The monoisotopic (exact) mass is 263 g/mol. The molecule has 15 heavy (non-hydrogen) atoms. The van der Waals surface area contributed by atoms with E-state index in [0.29, 0.717) is 6.61 Å². The van der Waals surface area contributed by atoms with E-state index >= 15 is 0 Å². The lowest BCUT2D eigenvalue weighted by Crippen LogP contribution is -1.97.